The monoisotopic (exact) mass is 205 g/mol. The molecule has 0 fully saturated rings. The van der Waals surface area contributed by atoms with Crippen molar-refractivity contribution in [2.75, 3.05) is 12.4 Å². The van der Waals surface area contributed by atoms with Gasteiger partial charge in [0.25, 0.3) is 0 Å². The summed E-state index contributed by atoms with van der Waals surface area (Å²) >= 11 is 0. The van der Waals surface area contributed by atoms with Gasteiger partial charge in [-0.2, -0.15) is 0 Å². The molecule has 0 aliphatic carbocycles. The number of hydrogen-bond acceptors (Lipinski definition) is 3. The van der Waals surface area contributed by atoms with Gasteiger partial charge in [-0.15, -0.1) is 0 Å². The first-order chi connectivity index (χ1) is 7.22. The largest absolute Gasteiger partial charge is 0.388 e. The predicted molar refractivity (Wildman–Crippen MR) is 60.2 cm³/mol. The summed E-state index contributed by atoms with van der Waals surface area (Å²) in [5, 5.41) is 3.02. The van der Waals surface area contributed by atoms with Crippen LogP contribution in [-0.4, -0.2) is 19.6 Å². The lowest BCUT2D eigenvalue weighted by molar-refractivity contribution is -0.113. The Morgan fingerprint density at radius 3 is 2.67 bits per heavy atom. The van der Waals surface area contributed by atoms with Crippen molar-refractivity contribution < 1.29 is 9.59 Å². The summed E-state index contributed by atoms with van der Waals surface area (Å²) in [5.41, 5.74) is 2.88. The number of anilines is 1. The zero-order valence-electron chi connectivity index (χ0n) is 8.99. The molecule has 0 aliphatic heterocycles. The van der Waals surface area contributed by atoms with Gasteiger partial charge in [-0.1, -0.05) is 17.7 Å². The van der Waals surface area contributed by atoms with Crippen molar-refractivity contribution in [3.8, 4) is 0 Å². The average molecular weight is 205 g/mol. The molecule has 1 atom stereocenters. The lowest BCUT2D eigenvalue weighted by Crippen LogP contribution is -2.05. The quantitative estimate of drug-likeness (QED) is 0.747. The molecule has 0 aromatic heterocycles. The van der Waals surface area contributed by atoms with Crippen molar-refractivity contribution in [3.05, 3.63) is 29.3 Å². The molecular weight excluding hydrogens is 190 g/mol. The van der Waals surface area contributed by atoms with Crippen LogP contribution in [-0.2, 0) is 9.59 Å². The Morgan fingerprint density at radius 2 is 2.13 bits per heavy atom. The Morgan fingerprint density at radius 1 is 1.40 bits per heavy atom. The SMILES string of the molecule is CNc1ccc(C)cc1C(C=O)CC=O. The van der Waals surface area contributed by atoms with Gasteiger partial charge in [-0.25, -0.2) is 0 Å². The summed E-state index contributed by atoms with van der Waals surface area (Å²) < 4.78 is 0. The first-order valence-corrected chi connectivity index (χ1v) is 4.90. The maximum Gasteiger partial charge on any atom is 0.127 e. The van der Waals surface area contributed by atoms with Gasteiger partial charge in [-0.3, -0.25) is 0 Å². The highest BCUT2D eigenvalue weighted by molar-refractivity contribution is 5.73. The van der Waals surface area contributed by atoms with Crippen LogP contribution >= 0.6 is 0 Å². The minimum Gasteiger partial charge on any atom is -0.388 e. The van der Waals surface area contributed by atoms with E-state index in [2.05, 4.69) is 5.32 Å². The molecule has 0 saturated heterocycles. The van der Waals surface area contributed by atoms with E-state index >= 15 is 0 Å². The average Bonchev–Trinajstić information content (AvgIpc) is 2.26. The van der Waals surface area contributed by atoms with Crippen molar-refractivity contribution in [1.29, 1.82) is 0 Å². The molecule has 0 saturated carbocycles. The molecule has 0 aliphatic rings. The van der Waals surface area contributed by atoms with Gasteiger partial charge in [0, 0.05) is 25.1 Å². The van der Waals surface area contributed by atoms with Crippen LogP contribution in [0.15, 0.2) is 18.2 Å². The number of aryl methyl sites for hydroxylation is 1. The van der Waals surface area contributed by atoms with Crippen molar-refractivity contribution in [1.82, 2.24) is 0 Å². The highest BCUT2D eigenvalue weighted by atomic mass is 16.1. The fourth-order valence-electron chi connectivity index (χ4n) is 1.58. The van der Waals surface area contributed by atoms with Gasteiger partial charge in [0.05, 0.1) is 0 Å². The highest BCUT2D eigenvalue weighted by Gasteiger charge is 2.13. The summed E-state index contributed by atoms with van der Waals surface area (Å²) in [6.07, 6.45) is 1.84. The maximum absolute atomic E-state index is 10.9. The zero-order chi connectivity index (χ0) is 11.3. The van der Waals surface area contributed by atoms with Crippen molar-refractivity contribution in [2.45, 2.75) is 19.3 Å². The van der Waals surface area contributed by atoms with E-state index in [0.29, 0.717) is 0 Å². The second-order valence-corrected chi connectivity index (χ2v) is 3.49. The van der Waals surface area contributed by atoms with Gasteiger partial charge >= 0.3 is 0 Å². The Kier molecular flexibility index (Phi) is 4.03. The second kappa shape index (κ2) is 5.29. The molecule has 1 rings (SSSR count). The number of nitrogens with one attached hydrogen (secondary N) is 1. The Hall–Kier alpha value is -1.64. The molecule has 1 N–H and O–H groups in total. The van der Waals surface area contributed by atoms with Crippen molar-refractivity contribution in [2.24, 2.45) is 0 Å². The van der Waals surface area contributed by atoms with E-state index in [4.69, 9.17) is 0 Å². The highest BCUT2D eigenvalue weighted by Crippen LogP contribution is 2.26. The molecule has 0 spiro atoms. The molecule has 0 amide bonds. The fraction of sp³-hybridized carbons (Fsp3) is 0.333. The third-order valence-electron chi connectivity index (χ3n) is 2.39. The third-order valence-corrected chi connectivity index (χ3v) is 2.39. The van der Waals surface area contributed by atoms with E-state index in [1.54, 1.807) is 7.05 Å². The van der Waals surface area contributed by atoms with E-state index in [9.17, 15) is 9.59 Å². The summed E-state index contributed by atoms with van der Waals surface area (Å²) in [4.78, 5) is 21.3. The number of benzene rings is 1. The minimum absolute atomic E-state index is 0.238. The number of aldehydes is 2. The van der Waals surface area contributed by atoms with Gasteiger partial charge in [0.15, 0.2) is 0 Å². The predicted octanol–water partition coefficient (Wildman–Crippen LogP) is 1.91. The molecule has 15 heavy (non-hydrogen) atoms. The number of carbonyl (C=O) groups excluding carboxylic acids is 2. The van der Waals surface area contributed by atoms with Crippen LogP contribution in [0.5, 0.6) is 0 Å². The molecule has 1 aromatic carbocycles. The van der Waals surface area contributed by atoms with Crippen LogP contribution in [0.4, 0.5) is 5.69 Å². The van der Waals surface area contributed by atoms with Crippen LogP contribution in [0.1, 0.15) is 23.5 Å². The summed E-state index contributed by atoms with van der Waals surface area (Å²) in [5.74, 6) is -0.343. The van der Waals surface area contributed by atoms with E-state index in [1.165, 1.54) is 0 Å². The number of hydrogen-bond donors (Lipinski definition) is 1. The minimum atomic E-state index is -0.343. The lowest BCUT2D eigenvalue weighted by Gasteiger charge is -2.13. The lowest BCUT2D eigenvalue weighted by atomic mass is 9.94. The van der Waals surface area contributed by atoms with Crippen LogP contribution in [0.3, 0.4) is 0 Å². The molecule has 3 heteroatoms. The number of rotatable bonds is 5. The van der Waals surface area contributed by atoms with E-state index in [-0.39, 0.29) is 12.3 Å². The van der Waals surface area contributed by atoms with E-state index in [1.807, 2.05) is 25.1 Å². The maximum atomic E-state index is 10.9. The van der Waals surface area contributed by atoms with Crippen LogP contribution < -0.4 is 5.32 Å². The van der Waals surface area contributed by atoms with E-state index < -0.39 is 0 Å². The first kappa shape index (κ1) is 11.4. The summed E-state index contributed by atoms with van der Waals surface area (Å²) in [6.45, 7) is 1.96. The van der Waals surface area contributed by atoms with Crippen LogP contribution in [0.25, 0.3) is 0 Å². The smallest absolute Gasteiger partial charge is 0.127 e. The van der Waals surface area contributed by atoms with Gasteiger partial charge in [-0.05, 0) is 18.6 Å². The third kappa shape index (κ3) is 2.65. The molecule has 0 radical (unpaired) electrons. The Bertz CT molecular complexity index is 361. The van der Waals surface area contributed by atoms with Gasteiger partial charge in [0.2, 0.25) is 0 Å². The number of carbonyl (C=O) groups is 2. The molecule has 0 heterocycles. The van der Waals surface area contributed by atoms with Gasteiger partial charge in [0.1, 0.15) is 12.6 Å². The van der Waals surface area contributed by atoms with Crippen LogP contribution in [0, 0.1) is 6.92 Å². The fourth-order valence-corrected chi connectivity index (χ4v) is 1.58. The molecular formula is C12H15NO2. The standard InChI is InChI=1S/C12H15NO2/c1-9-3-4-12(13-2)11(7-9)10(8-15)5-6-14/h3-4,6-8,10,13H,5H2,1-2H3. The molecule has 0 bridgehead atoms. The Balaban J connectivity index is 3.12. The Labute approximate surface area is 89.5 Å². The first-order valence-electron chi connectivity index (χ1n) is 4.90. The molecule has 3 nitrogen and oxygen atoms in total. The topological polar surface area (TPSA) is 46.2 Å². The van der Waals surface area contributed by atoms with Crippen LogP contribution in [0.2, 0.25) is 0 Å². The normalized spacial score (nSPS) is 11.9. The summed E-state index contributed by atoms with van der Waals surface area (Å²) in [7, 11) is 1.80. The summed E-state index contributed by atoms with van der Waals surface area (Å²) in [6, 6.07) is 5.83. The molecule has 1 unspecified atom stereocenters. The zero-order valence-corrected chi connectivity index (χ0v) is 8.99. The van der Waals surface area contributed by atoms with Crippen molar-refractivity contribution >= 4 is 18.3 Å². The second-order valence-electron chi connectivity index (χ2n) is 3.49. The molecule has 1 aromatic rings. The van der Waals surface area contributed by atoms with Crippen molar-refractivity contribution in [3.63, 3.8) is 0 Å². The van der Waals surface area contributed by atoms with E-state index in [0.717, 1.165) is 29.4 Å². The molecule has 80 valence electrons. The van der Waals surface area contributed by atoms with Gasteiger partial charge < -0.3 is 14.9 Å².